The molecule has 1 heterocycles. The molecule has 16 heavy (non-hydrogen) atoms. The second-order valence-corrected chi connectivity index (χ2v) is 4.87. The van der Waals surface area contributed by atoms with E-state index in [1.165, 1.54) is 10.6 Å². The molecule has 2 nitrogen and oxygen atoms in total. The average Bonchev–Trinajstić information content (AvgIpc) is 2.68. The van der Waals surface area contributed by atoms with Gasteiger partial charge in [-0.05, 0) is 42.8 Å². The van der Waals surface area contributed by atoms with Crippen LogP contribution in [0, 0.1) is 0 Å². The van der Waals surface area contributed by atoms with Crippen LogP contribution in [-0.4, -0.2) is 15.4 Å². The molecule has 0 saturated heterocycles. The fraction of sp³-hybridized carbons (Fsp3) is 0.231. The first-order valence-corrected chi connectivity index (χ1v) is 6.26. The fourth-order valence-corrected chi connectivity index (χ4v) is 2.45. The molecule has 0 atom stereocenters. The summed E-state index contributed by atoms with van der Waals surface area (Å²) < 4.78 is 2.15. The molecule has 0 unspecified atom stereocenters. The average molecular weight is 233 g/mol. The van der Waals surface area contributed by atoms with Gasteiger partial charge in [-0.25, -0.2) is 0 Å². The minimum Gasteiger partial charge on any atom is -0.508 e. The highest BCUT2D eigenvalue weighted by molar-refractivity contribution is 7.99. The molecule has 1 aromatic heterocycles. The normalized spacial score (nSPS) is 10.6. The number of hydrogen-bond acceptors (Lipinski definition) is 2. The summed E-state index contributed by atoms with van der Waals surface area (Å²) in [6, 6.07) is 11.6. The van der Waals surface area contributed by atoms with Crippen molar-refractivity contribution < 1.29 is 5.11 Å². The van der Waals surface area contributed by atoms with Crippen molar-refractivity contribution in [3.8, 4) is 5.75 Å². The van der Waals surface area contributed by atoms with Gasteiger partial charge in [-0.1, -0.05) is 0 Å². The predicted octanol–water partition coefficient (Wildman–Crippen LogP) is 3.07. The van der Waals surface area contributed by atoms with Crippen LogP contribution in [0.1, 0.15) is 5.69 Å². The summed E-state index contributed by atoms with van der Waals surface area (Å²) >= 11 is 1.81. The van der Waals surface area contributed by atoms with E-state index in [0.29, 0.717) is 5.75 Å². The molecule has 0 spiro atoms. The number of hydrogen-bond donors (Lipinski definition) is 1. The second-order valence-electron chi connectivity index (χ2n) is 3.70. The molecule has 0 fully saturated rings. The monoisotopic (exact) mass is 233 g/mol. The lowest BCUT2D eigenvalue weighted by Gasteiger charge is -2.03. The SMILES string of the molecule is Cn1cccc1CCSc1ccc(O)cc1. The molecule has 1 N–H and O–H groups in total. The third-order valence-electron chi connectivity index (χ3n) is 2.51. The van der Waals surface area contributed by atoms with Crippen LogP contribution in [0.4, 0.5) is 0 Å². The summed E-state index contributed by atoms with van der Waals surface area (Å²) in [7, 11) is 2.07. The van der Waals surface area contributed by atoms with Crippen molar-refractivity contribution in [1.29, 1.82) is 0 Å². The molecule has 0 amide bonds. The lowest BCUT2D eigenvalue weighted by molar-refractivity contribution is 0.475. The zero-order chi connectivity index (χ0) is 11.4. The van der Waals surface area contributed by atoms with Gasteiger partial charge in [0.15, 0.2) is 0 Å². The van der Waals surface area contributed by atoms with Crippen LogP contribution in [0.25, 0.3) is 0 Å². The molecule has 0 aliphatic carbocycles. The number of phenolic OH excluding ortho intramolecular Hbond substituents is 1. The summed E-state index contributed by atoms with van der Waals surface area (Å²) in [6.45, 7) is 0. The Bertz CT molecular complexity index is 447. The first-order valence-electron chi connectivity index (χ1n) is 5.28. The molecule has 84 valence electrons. The van der Waals surface area contributed by atoms with E-state index in [0.717, 1.165) is 12.2 Å². The molecule has 0 aliphatic rings. The number of aromatic hydroxyl groups is 1. The first kappa shape index (κ1) is 11.1. The van der Waals surface area contributed by atoms with E-state index in [1.54, 1.807) is 12.1 Å². The number of phenols is 1. The van der Waals surface area contributed by atoms with Gasteiger partial charge in [0.25, 0.3) is 0 Å². The van der Waals surface area contributed by atoms with Crippen molar-refractivity contribution in [2.45, 2.75) is 11.3 Å². The van der Waals surface area contributed by atoms with Gasteiger partial charge in [0.1, 0.15) is 5.75 Å². The number of benzene rings is 1. The van der Waals surface area contributed by atoms with Crippen molar-refractivity contribution in [2.24, 2.45) is 7.05 Å². The Morgan fingerprint density at radius 1 is 1.19 bits per heavy atom. The van der Waals surface area contributed by atoms with Gasteiger partial charge in [-0.3, -0.25) is 0 Å². The molecule has 2 aromatic rings. The topological polar surface area (TPSA) is 25.2 Å². The molecule has 0 bridgehead atoms. The molecular weight excluding hydrogens is 218 g/mol. The van der Waals surface area contributed by atoms with Crippen LogP contribution in [0.5, 0.6) is 5.75 Å². The molecular formula is C13H15NOS. The van der Waals surface area contributed by atoms with Gasteiger partial charge in [0.2, 0.25) is 0 Å². The van der Waals surface area contributed by atoms with E-state index >= 15 is 0 Å². The molecule has 0 saturated carbocycles. The summed E-state index contributed by atoms with van der Waals surface area (Å²) in [5.41, 5.74) is 1.35. The van der Waals surface area contributed by atoms with Crippen molar-refractivity contribution in [1.82, 2.24) is 4.57 Å². The third-order valence-corrected chi connectivity index (χ3v) is 3.53. The van der Waals surface area contributed by atoms with Gasteiger partial charge in [0, 0.05) is 29.6 Å². The minimum absolute atomic E-state index is 0.326. The van der Waals surface area contributed by atoms with Gasteiger partial charge in [-0.2, -0.15) is 0 Å². The Labute approximate surface area is 99.9 Å². The Hall–Kier alpha value is -1.35. The second kappa shape index (κ2) is 5.12. The van der Waals surface area contributed by atoms with Crippen molar-refractivity contribution in [3.05, 3.63) is 48.3 Å². The van der Waals surface area contributed by atoms with Crippen LogP contribution in [0.15, 0.2) is 47.5 Å². The zero-order valence-corrected chi connectivity index (χ0v) is 10.1. The number of aromatic nitrogens is 1. The van der Waals surface area contributed by atoms with Gasteiger partial charge >= 0.3 is 0 Å². The lowest BCUT2D eigenvalue weighted by Crippen LogP contribution is -1.96. The quantitative estimate of drug-likeness (QED) is 0.821. The van der Waals surface area contributed by atoms with Gasteiger partial charge < -0.3 is 9.67 Å². The number of nitrogens with zero attached hydrogens (tertiary/aromatic N) is 1. The highest BCUT2D eigenvalue weighted by Gasteiger charge is 1.98. The van der Waals surface area contributed by atoms with Crippen LogP contribution < -0.4 is 0 Å². The van der Waals surface area contributed by atoms with Crippen molar-refractivity contribution >= 4 is 11.8 Å². The van der Waals surface area contributed by atoms with Gasteiger partial charge in [-0.15, -0.1) is 11.8 Å². The van der Waals surface area contributed by atoms with Crippen molar-refractivity contribution in [2.75, 3.05) is 5.75 Å². The highest BCUT2D eigenvalue weighted by Crippen LogP contribution is 2.21. The Balaban J connectivity index is 1.84. The number of thioether (sulfide) groups is 1. The third kappa shape index (κ3) is 2.83. The molecule has 0 radical (unpaired) electrons. The predicted molar refractivity (Wildman–Crippen MR) is 67.9 cm³/mol. The fourth-order valence-electron chi connectivity index (χ4n) is 1.57. The maximum absolute atomic E-state index is 9.16. The van der Waals surface area contributed by atoms with Crippen LogP contribution in [0.3, 0.4) is 0 Å². The summed E-state index contributed by atoms with van der Waals surface area (Å²) in [5, 5.41) is 9.16. The Kier molecular flexibility index (Phi) is 3.57. The van der Waals surface area contributed by atoms with E-state index in [9.17, 15) is 0 Å². The van der Waals surface area contributed by atoms with Crippen LogP contribution in [-0.2, 0) is 13.5 Å². The largest absolute Gasteiger partial charge is 0.508 e. The zero-order valence-electron chi connectivity index (χ0n) is 9.26. The van der Waals surface area contributed by atoms with Gasteiger partial charge in [0.05, 0.1) is 0 Å². The van der Waals surface area contributed by atoms with E-state index in [2.05, 4.69) is 29.9 Å². The lowest BCUT2D eigenvalue weighted by atomic mass is 10.3. The Morgan fingerprint density at radius 3 is 2.56 bits per heavy atom. The van der Waals surface area contributed by atoms with Crippen molar-refractivity contribution in [3.63, 3.8) is 0 Å². The summed E-state index contributed by atoms with van der Waals surface area (Å²) in [4.78, 5) is 1.20. The maximum atomic E-state index is 9.16. The number of rotatable bonds is 4. The first-order chi connectivity index (χ1) is 7.75. The minimum atomic E-state index is 0.326. The molecule has 2 rings (SSSR count). The number of aryl methyl sites for hydroxylation is 2. The maximum Gasteiger partial charge on any atom is 0.115 e. The van der Waals surface area contributed by atoms with Crippen LogP contribution >= 0.6 is 11.8 Å². The van der Waals surface area contributed by atoms with E-state index < -0.39 is 0 Å². The van der Waals surface area contributed by atoms with E-state index in [-0.39, 0.29) is 0 Å². The molecule has 1 aromatic carbocycles. The molecule has 3 heteroatoms. The Morgan fingerprint density at radius 2 is 1.94 bits per heavy atom. The summed E-state index contributed by atoms with van der Waals surface area (Å²) in [6.07, 6.45) is 3.13. The summed E-state index contributed by atoms with van der Waals surface area (Å²) in [5.74, 6) is 1.38. The van der Waals surface area contributed by atoms with E-state index in [1.807, 2.05) is 23.9 Å². The van der Waals surface area contributed by atoms with E-state index in [4.69, 9.17) is 5.11 Å². The standard InChI is InChI=1S/C13H15NOS/c1-14-9-2-3-11(14)8-10-16-13-6-4-12(15)5-7-13/h2-7,9,15H,8,10H2,1H3. The highest BCUT2D eigenvalue weighted by atomic mass is 32.2. The smallest absolute Gasteiger partial charge is 0.115 e. The molecule has 0 aliphatic heterocycles. The van der Waals surface area contributed by atoms with Crippen LogP contribution in [0.2, 0.25) is 0 Å².